The minimum Gasteiger partial charge on any atom is -0.354 e. The quantitative estimate of drug-likeness (QED) is 0.522. The van der Waals surface area contributed by atoms with E-state index < -0.39 is 5.25 Å². The summed E-state index contributed by atoms with van der Waals surface area (Å²) in [7, 11) is 0. The van der Waals surface area contributed by atoms with Crippen LogP contribution in [0.4, 0.5) is 17.6 Å². The van der Waals surface area contributed by atoms with Crippen LogP contribution in [0.1, 0.15) is 34.6 Å². The van der Waals surface area contributed by atoms with Crippen molar-refractivity contribution < 1.29 is 4.79 Å². The maximum Gasteiger partial charge on any atom is 0.237 e. The van der Waals surface area contributed by atoms with Crippen molar-refractivity contribution >= 4 is 58.5 Å². The molecule has 7 nitrogen and oxygen atoms in total. The molecule has 3 N–H and O–H groups in total. The second-order valence-electron chi connectivity index (χ2n) is 7.05. The van der Waals surface area contributed by atoms with Crippen LogP contribution >= 0.6 is 35.0 Å². The predicted molar refractivity (Wildman–Crippen MR) is 118 cm³/mol. The first-order chi connectivity index (χ1) is 13.1. The van der Waals surface area contributed by atoms with Crippen molar-refractivity contribution in [2.75, 3.05) is 22.5 Å². The molecule has 10 heteroatoms. The molecule has 0 fully saturated rings. The van der Waals surface area contributed by atoms with Crippen molar-refractivity contribution in [3.8, 4) is 0 Å². The minimum absolute atomic E-state index is 0.195. The Labute approximate surface area is 179 Å². The number of nitrogens with one attached hydrogen (secondary N) is 3. The van der Waals surface area contributed by atoms with Gasteiger partial charge in [0.1, 0.15) is 0 Å². The largest absolute Gasteiger partial charge is 0.354 e. The molecule has 152 valence electrons. The molecule has 28 heavy (non-hydrogen) atoms. The molecule has 0 spiro atoms. The van der Waals surface area contributed by atoms with Crippen molar-refractivity contribution in [1.82, 2.24) is 15.0 Å². The van der Waals surface area contributed by atoms with E-state index >= 15 is 0 Å². The molecule has 1 amide bonds. The fraction of sp³-hybridized carbons (Fsp3) is 0.444. The average molecular weight is 443 g/mol. The number of benzene rings is 1. The molecule has 1 aromatic heterocycles. The van der Waals surface area contributed by atoms with Crippen LogP contribution in [-0.2, 0) is 4.79 Å². The number of anilines is 3. The van der Waals surface area contributed by atoms with E-state index in [2.05, 4.69) is 30.9 Å². The zero-order valence-electron chi connectivity index (χ0n) is 16.4. The van der Waals surface area contributed by atoms with E-state index in [-0.39, 0.29) is 11.4 Å². The van der Waals surface area contributed by atoms with Gasteiger partial charge in [0.25, 0.3) is 0 Å². The van der Waals surface area contributed by atoms with Gasteiger partial charge in [0.05, 0.1) is 15.3 Å². The minimum atomic E-state index is -0.436. The number of nitrogens with zero attached hydrogens (tertiary/aromatic N) is 3. The van der Waals surface area contributed by atoms with Gasteiger partial charge >= 0.3 is 0 Å². The van der Waals surface area contributed by atoms with Gasteiger partial charge in [-0.05, 0) is 52.8 Å². The van der Waals surface area contributed by atoms with Gasteiger partial charge in [0.2, 0.25) is 17.8 Å². The summed E-state index contributed by atoms with van der Waals surface area (Å²) < 4.78 is 0. The molecule has 0 saturated heterocycles. The Morgan fingerprint density at radius 3 is 2.43 bits per heavy atom. The lowest BCUT2D eigenvalue weighted by Crippen LogP contribution is -2.28. The highest BCUT2D eigenvalue weighted by atomic mass is 35.5. The highest BCUT2D eigenvalue weighted by Gasteiger charge is 2.19. The van der Waals surface area contributed by atoms with Gasteiger partial charge in [-0.15, -0.1) is 0 Å². The van der Waals surface area contributed by atoms with E-state index in [4.69, 9.17) is 23.2 Å². The van der Waals surface area contributed by atoms with E-state index in [0.29, 0.717) is 39.3 Å². The van der Waals surface area contributed by atoms with E-state index in [9.17, 15) is 4.79 Å². The first-order valence-electron chi connectivity index (χ1n) is 8.78. The molecule has 2 aromatic rings. The monoisotopic (exact) mass is 442 g/mol. The molecule has 0 bridgehead atoms. The molecule has 1 atom stereocenters. The lowest BCUT2D eigenvalue weighted by Gasteiger charge is -2.21. The topological polar surface area (TPSA) is 91.8 Å². The van der Waals surface area contributed by atoms with Gasteiger partial charge in [0.15, 0.2) is 5.16 Å². The Morgan fingerprint density at radius 2 is 1.82 bits per heavy atom. The number of rotatable bonds is 7. The maximum absolute atomic E-state index is 12.5. The van der Waals surface area contributed by atoms with Gasteiger partial charge in [0, 0.05) is 17.8 Å². The summed E-state index contributed by atoms with van der Waals surface area (Å²) in [6, 6.07) is 4.94. The SMILES string of the molecule is CCNc1nc(NC(C)(C)C)nc(S[C@@H](C)C(=O)Nc2ccc(Cl)c(Cl)c2)n1. The predicted octanol–water partition coefficient (Wildman–Crippen LogP) is 4.94. The molecule has 0 saturated carbocycles. The smallest absolute Gasteiger partial charge is 0.237 e. The molecule has 0 radical (unpaired) electrons. The van der Waals surface area contributed by atoms with Crippen LogP contribution in [0.2, 0.25) is 10.0 Å². The second-order valence-corrected chi connectivity index (χ2v) is 9.17. The van der Waals surface area contributed by atoms with Crippen LogP contribution in [0.25, 0.3) is 0 Å². The molecule has 1 aromatic carbocycles. The molecule has 0 aliphatic carbocycles. The molecular weight excluding hydrogens is 419 g/mol. The van der Waals surface area contributed by atoms with Crippen molar-refractivity contribution in [3.63, 3.8) is 0 Å². The third-order valence-corrected chi connectivity index (χ3v) is 4.98. The van der Waals surface area contributed by atoms with Crippen molar-refractivity contribution in [2.45, 2.75) is 50.6 Å². The summed E-state index contributed by atoms with van der Waals surface area (Å²) in [4.78, 5) is 25.7. The van der Waals surface area contributed by atoms with Gasteiger partial charge in [-0.2, -0.15) is 15.0 Å². The first-order valence-corrected chi connectivity index (χ1v) is 10.4. The van der Waals surface area contributed by atoms with E-state index in [1.165, 1.54) is 11.8 Å². The summed E-state index contributed by atoms with van der Waals surface area (Å²) in [5.74, 6) is 0.723. The lowest BCUT2D eigenvalue weighted by atomic mass is 10.1. The van der Waals surface area contributed by atoms with E-state index in [1.54, 1.807) is 25.1 Å². The molecule has 0 aliphatic rings. The summed E-state index contributed by atoms with van der Waals surface area (Å²) in [6.45, 7) is 10.5. The summed E-state index contributed by atoms with van der Waals surface area (Å²) >= 11 is 13.1. The number of thioether (sulfide) groups is 1. The van der Waals surface area contributed by atoms with Gasteiger partial charge < -0.3 is 16.0 Å². The van der Waals surface area contributed by atoms with Crippen LogP contribution < -0.4 is 16.0 Å². The van der Waals surface area contributed by atoms with Crippen LogP contribution in [0, 0.1) is 0 Å². The number of amides is 1. The Morgan fingerprint density at radius 1 is 1.14 bits per heavy atom. The van der Waals surface area contributed by atoms with Crippen LogP contribution in [0.5, 0.6) is 0 Å². The number of aromatic nitrogens is 3. The normalized spacial score (nSPS) is 12.4. The molecule has 1 heterocycles. The van der Waals surface area contributed by atoms with Crippen molar-refractivity contribution in [3.05, 3.63) is 28.2 Å². The number of carbonyl (C=O) groups excluding carboxylic acids is 1. The number of hydrogen-bond acceptors (Lipinski definition) is 7. The number of carbonyl (C=O) groups is 1. The third kappa shape index (κ3) is 7.00. The molecule has 0 unspecified atom stereocenters. The zero-order chi connectivity index (χ0) is 20.9. The zero-order valence-corrected chi connectivity index (χ0v) is 18.8. The van der Waals surface area contributed by atoms with Crippen LogP contribution in [0.15, 0.2) is 23.4 Å². The first kappa shape index (κ1) is 22.5. The highest BCUT2D eigenvalue weighted by Crippen LogP contribution is 2.27. The maximum atomic E-state index is 12.5. The Hall–Kier alpha value is -1.77. The van der Waals surface area contributed by atoms with Crippen molar-refractivity contribution in [2.24, 2.45) is 0 Å². The van der Waals surface area contributed by atoms with Crippen LogP contribution in [-0.4, -0.2) is 38.2 Å². The Balaban J connectivity index is 2.13. The average Bonchev–Trinajstić information content (AvgIpc) is 2.56. The fourth-order valence-corrected chi connectivity index (χ4v) is 3.13. The summed E-state index contributed by atoms with van der Waals surface area (Å²) in [5, 5.41) is 9.96. The fourth-order valence-electron chi connectivity index (χ4n) is 2.07. The van der Waals surface area contributed by atoms with E-state index in [0.717, 1.165) is 0 Å². The van der Waals surface area contributed by atoms with Crippen LogP contribution in [0.3, 0.4) is 0 Å². The standard InChI is InChI=1S/C18H24Cl2N6OS/c1-6-21-15-23-16(26-18(3,4)5)25-17(24-15)28-10(2)14(27)22-11-7-8-12(19)13(20)9-11/h7-10H,6H2,1-5H3,(H,22,27)(H2,21,23,24,25,26)/t10-/m0/s1. The highest BCUT2D eigenvalue weighted by molar-refractivity contribution is 8.00. The second kappa shape index (κ2) is 9.62. The molecular formula is C18H24Cl2N6OS. The summed E-state index contributed by atoms with van der Waals surface area (Å²) in [6.07, 6.45) is 0. The summed E-state index contributed by atoms with van der Waals surface area (Å²) in [5.41, 5.74) is 0.370. The Bertz CT molecular complexity index is 843. The van der Waals surface area contributed by atoms with Crippen molar-refractivity contribution in [1.29, 1.82) is 0 Å². The lowest BCUT2D eigenvalue weighted by molar-refractivity contribution is -0.115. The molecule has 2 rings (SSSR count). The van der Waals surface area contributed by atoms with Gasteiger partial charge in [-0.25, -0.2) is 0 Å². The Kier molecular flexibility index (Phi) is 7.74. The van der Waals surface area contributed by atoms with Gasteiger partial charge in [-0.1, -0.05) is 35.0 Å². The molecule has 0 aliphatic heterocycles. The number of hydrogen-bond donors (Lipinski definition) is 3. The third-order valence-electron chi connectivity index (χ3n) is 3.28. The number of halogens is 2. The van der Waals surface area contributed by atoms with E-state index in [1.807, 2.05) is 27.7 Å². The van der Waals surface area contributed by atoms with Gasteiger partial charge in [-0.3, -0.25) is 4.79 Å².